The van der Waals surface area contributed by atoms with Crippen LogP contribution in [0.5, 0.6) is 0 Å². The molecular formula is C12H14F2N2O2. The quantitative estimate of drug-likeness (QED) is 0.787. The monoisotopic (exact) mass is 256 g/mol. The zero-order valence-electron chi connectivity index (χ0n) is 9.71. The third-order valence-corrected chi connectivity index (χ3v) is 2.87. The largest absolute Gasteiger partial charge is 0.396 e. The van der Waals surface area contributed by atoms with Crippen LogP contribution in [0.1, 0.15) is 23.2 Å². The normalized spacial score (nSPS) is 16.6. The van der Waals surface area contributed by atoms with Crippen molar-refractivity contribution in [2.75, 3.05) is 18.9 Å². The molecule has 18 heavy (non-hydrogen) atoms. The molecule has 1 aliphatic rings. The van der Waals surface area contributed by atoms with Gasteiger partial charge in [0, 0.05) is 19.3 Å². The summed E-state index contributed by atoms with van der Waals surface area (Å²) in [5.74, 6) is -2.27. The van der Waals surface area contributed by atoms with Crippen LogP contribution in [0.2, 0.25) is 0 Å². The maximum Gasteiger partial charge on any atom is 0.254 e. The van der Waals surface area contributed by atoms with E-state index < -0.39 is 17.5 Å². The maximum atomic E-state index is 13.6. The Hall–Kier alpha value is -1.69. The number of rotatable bonds is 2. The number of ether oxygens (including phenoxy) is 1. The van der Waals surface area contributed by atoms with Crippen LogP contribution in [0.15, 0.2) is 12.1 Å². The number of amides is 1. The van der Waals surface area contributed by atoms with Gasteiger partial charge in [0.25, 0.3) is 5.91 Å². The second-order valence-electron chi connectivity index (χ2n) is 4.22. The Kier molecular flexibility index (Phi) is 3.76. The van der Waals surface area contributed by atoms with Gasteiger partial charge in [-0.3, -0.25) is 4.79 Å². The van der Waals surface area contributed by atoms with Gasteiger partial charge in [-0.15, -0.1) is 0 Å². The van der Waals surface area contributed by atoms with E-state index in [4.69, 9.17) is 10.5 Å². The van der Waals surface area contributed by atoms with E-state index in [1.54, 1.807) is 0 Å². The standard InChI is InChI=1S/C12H14F2N2O2/c13-7-5-9(11(14)10(15)6-7)12(17)16-8-1-3-18-4-2-8/h5-6,8H,1-4,15H2,(H,16,17). The zero-order valence-corrected chi connectivity index (χ0v) is 9.71. The summed E-state index contributed by atoms with van der Waals surface area (Å²) in [6.07, 6.45) is 1.33. The van der Waals surface area contributed by atoms with E-state index in [9.17, 15) is 13.6 Å². The molecule has 0 spiro atoms. The van der Waals surface area contributed by atoms with E-state index in [1.165, 1.54) is 0 Å². The van der Waals surface area contributed by atoms with E-state index in [0.29, 0.717) is 26.1 Å². The highest BCUT2D eigenvalue weighted by Crippen LogP contribution is 2.18. The summed E-state index contributed by atoms with van der Waals surface area (Å²) in [5.41, 5.74) is 4.55. The molecule has 1 heterocycles. The molecule has 0 unspecified atom stereocenters. The lowest BCUT2D eigenvalue weighted by Crippen LogP contribution is -2.39. The summed E-state index contributed by atoms with van der Waals surface area (Å²) < 4.78 is 31.9. The first-order valence-electron chi connectivity index (χ1n) is 5.71. The molecule has 1 amide bonds. The minimum atomic E-state index is -0.888. The molecule has 1 aliphatic heterocycles. The van der Waals surface area contributed by atoms with E-state index in [-0.39, 0.29) is 17.3 Å². The van der Waals surface area contributed by atoms with Gasteiger partial charge in [0.05, 0.1) is 11.3 Å². The molecular weight excluding hydrogens is 242 g/mol. The first kappa shape index (κ1) is 12.8. The van der Waals surface area contributed by atoms with Crippen molar-refractivity contribution in [3.05, 3.63) is 29.3 Å². The van der Waals surface area contributed by atoms with Gasteiger partial charge < -0.3 is 15.8 Å². The van der Waals surface area contributed by atoms with Crippen LogP contribution >= 0.6 is 0 Å². The molecule has 0 aromatic heterocycles. The second kappa shape index (κ2) is 5.30. The minimum absolute atomic E-state index is 0.0739. The molecule has 0 saturated carbocycles. The summed E-state index contributed by atoms with van der Waals surface area (Å²) in [5, 5.41) is 2.65. The Morgan fingerprint density at radius 1 is 1.33 bits per heavy atom. The van der Waals surface area contributed by atoms with E-state index in [2.05, 4.69) is 5.32 Å². The molecule has 0 bridgehead atoms. The number of hydrogen-bond donors (Lipinski definition) is 2. The van der Waals surface area contributed by atoms with Crippen LogP contribution in [0.4, 0.5) is 14.5 Å². The highest BCUT2D eigenvalue weighted by atomic mass is 19.1. The summed E-state index contributed by atoms with van der Waals surface area (Å²) in [7, 11) is 0. The fourth-order valence-corrected chi connectivity index (χ4v) is 1.88. The van der Waals surface area contributed by atoms with Crippen LogP contribution in [0.25, 0.3) is 0 Å². The zero-order chi connectivity index (χ0) is 13.1. The van der Waals surface area contributed by atoms with E-state index >= 15 is 0 Å². The Bertz CT molecular complexity index is 460. The first-order chi connectivity index (χ1) is 8.58. The van der Waals surface area contributed by atoms with Crippen molar-refractivity contribution in [2.45, 2.75) is 18.9 Å². The van der Waals surface area contributed by atoms with Gasteiger partial charge in [-0.25, -0.2) is 8.78 Å². The van der Waals surface area contributed by atoms with Gasteiger partial charge in [-0.2, -0.15) is 0 Å². The van der Waals surface area contributed by atoms with E-state index in [1.807, 2.05) is 0 Å². The fourth-order valence-electron chi connectivity index (χ4n) is 1.88. The molecule has 1 aromatic carbocycles. The lowest BCUT2D eigenvalue weighted by atomic mass is 10.1. The van der Waals surface area contributed by atoms with Crippen LogP contribution < -0.4 is 11.1 Å². The molecule has 2 rings (SSSR count). The van der Waals surface area contributed by atoms with Gasteiger partial charge >= 0.3 is 0 Å². The molecule has 1 fully saturated rings. The highest BCUT2D eigenvalue weighted by Gasteiger charge is 2.20. The average Bonchev–Trinajstić information content (AvgIpc) is 2.35. The molecule has 1 saturated heterocycles. The van der Waals surface area contributed by atoms with Gasteiger partial charge in [-0.1, -0.05) is 0 Å². The van der Waals surface area contributed by atoms with Crippen molar-refractivity contribution in [1.29, 1.82) is 0 Å². The van der Waals surface area contributed by atoms with Crippen molar-refractivity contribution in [2.24, 2.45) is 0 Å². The number of anilines is 1. The number of nitrogens with two attached hydrogens (primary N) is 1. The van der Waals surface area contributed by atoms with Crippen LogP contribution in [0, 0.1) is 11.6 Å². The fraction of sp³-hybridized carbons (Fsp3) is 0.417. The van der Waals surface area contributed by atoms with Crippen molar-refractivity contribution in [3.8, 4) is 0 Å². The van der Waals surface area contributed by atoms with Crippen molar-refractivity contribution in [1.82, 2.24) is 5.32 Å². The number of carbonyl (C=O) groups is 1. The Morgan fingerprint density at radius 2 is 2.00 bits per heavy atom. The van der Waals surface area contributed by atoms with Crippen LogP contribution in [-0.2, 0) is 4.74 Å². The number of nitrogen functional groups attached to an aromatic ring is 1. The topological polar surface area (TPSA) is 64.4 Å². The molecule has 0 aliphatic carbocycles. The van der Waals surface area contributed by atoms with E-state index in [0.717, 1.165) is 12.1 Å². The SMILES string of the molecule is Nc1cc(F)cc(C(=O)NC2CCOCC2)c1F. The van der Waals surface area contributed by atoms with Gasteiger partial charge in [0.2, 0.25) is 0 Å². The molecule has 0 radical (unpaired) electrons. The molecule has 6 heteroatoms. The molecule has 0 atom stereocenters. The van der Waals surface area contributed by atoms with Crippen LogP contribution in [-0.4, -0.2) is 25.2 Å². The van der Waals surface area contributed by atoms with Gasteiger partial charge in [0.15, 0.2) is 5.82 Å². The summed E-state index contributed by atoms with van der Waals surface area (Å²) in [6, 6.07) is 1.62. The van der Waals surface area contributed by atoms with Crippen molar-refractivity contribution < 1.29 is 18.3 Å². The average molecular weight is 256 g/mol. The third kappa shape index (κ3) is 2.76. The second-order valence-corrected chi connectivity index (χ2v) is 4.22. The lowest BCUT2D eigenvalue weighted by Gasteiger charge is -2.23. The first-order valence-corrected chi connectivity index (χ1v) is 5.71. The summed E-state index contributed by atoms with van der Waals surface area (Å²) in [4.78, 5) is 11.8. The molecule has 4 nitrogen and oxygen atoms in total. The predicted molar refractivity (Wildman–Crippen MR) is 62.1 cm³/mol. The molecule has 3 N–H and O–H groups in total. The van der Waals surface area contributed by atoms with Gasteiger partial charge in [0.1, 0.15) is 5.82 Å². The van der Waals surface area contributed by atoms with Crippen molar-refractivity contribution in [3.63, 3.8) is 0 Å². The Morgan fingerprint density at radius 3 is 2.67 bits per heavy atom. The molecule has 1 aromatic rings. The Labute approximate surface area is 103 Å². The molecule has 98 valence electrons. The predicted octanol–water partition coefficient (Wildman–Crippen LogP) is 1.46. The minimum Gasteiger partial charge on any atom is -0.396 e. The highest BCUT2D eigenvalue weighted by molar-refractivity contribution is 5.95. The smallest absolute Gasteiger partial charge is 0.254 e. The maximum absolute atomic E-state index is 13.6. The van der Waals surface area contributed by atoms with Crippen LogP contribution in [0.3, 0.4) is 0 Å². The number of nitrogens with one attached hydrogen (secondary N) is 1. The lowest BCUT2D eigenvalue weighted by molar-refractivity contribution is 0.0694. The number of carbonyl (C=O) groups excluding carboxylic acids is 1. The van der Waals surface area contributed by atoms with Crippen molar-refractivity contribution >= 4 is 11.6 Å². The summed E-state index contributed by atoms with van der Waals surface area (Å²) >= 11 is 0. The third-order valence-electron chi connectivity index (χ3n) is 2.87. The Balaban J connectivity index is 2.13. The number of benzene rings is 1. The number of hydrogen-bond acceptors (Lipinski definition) is 3. The number of halogens is 2. The summed E-state index contributed by atoms with van der Waals surface area (Å²) in [6.45, 7) is 1.11. The van der Waals surface area contributed by atoms with Gasteiger partial charge in [-0.05, 0) is 25.0 Å².